The van der Waals surface area contributed by atoms with Crippen LogP contribution in [0.2, 0.25) is 0 Å². The van der Waals surface area contributed by atoms with Gasteiger partial charge in [-0.05, 0) is 31.7 Å². The number of hydrogen-bond acceptors (Lipinski definition) is 5. The number of aromatic nitrogens is 1. The SMILES string of the molecule is COc1cncc(C(=O)C2CC3CCCC(C2)S3(=O)=O)c1. The van der Waals surface area contributed by atoms with Crippen LogP contribution in [0.15, 0.2) is 18.5 Å². The Morgan fingerprint density at radius 3 is 2.52 bits per heavy atom. The van der Waals surface area contributed by atoms with Gasteiger partial charge in [0.15, 0.2) is 15.6 Å². The molecule has 2 atom stereocenters. The first-order valence-electron chi connectivity index (χ1n) is 7.28. The number of ketones is 1. The van der Waals surface area contributed by atoms with Gasteiger partial charge < -0.3 is 4.74 Å². The quantitative estimate of drug-likeness (QED) is 0.799. The summed E-state index contributed by atoms with van der Waals surface area (Å²) in [5.41, 5.74) is 0.511. The Kier molecular flexibility index (Phi) is 3.73. The van der Waals surface area contributed by atoms with E-state index in [1.54, 1.807) is 12.3 Å². The van der Waals surface area contributed by atoms with Gasteiger partial charge in [0.05, 0.1) is 23.8 Å². The van der Waals surface area contributed by atoms with E-state index in [1.165, 1.54) is 13.3 Å². The van der Waals surface area contributed by atoms with Gasteiger partial charge in [-0.2, -0.15) is 0 Å². The van der Waals surface area contributed by atoms with Gasteiger partial charge in [0.2, 0.25) is 0 Å². The number of rotatable bonds is 3. The Morgan fingerprint density at radius 2 is 1.90 bits per heavy atom. The van der Waals surface area contributed by atoms with Crippen LogP contribution in [-0.2, 0) is 9.84 Å². The summed E-state index contributed by atoms with van der Waals surface area (Å²) >= 11 is 0. The van der Waals surface area contributed by atoms with Crippen LogP contribution in [0.3, 0.4) is 0 Å². The highest BCUT2D eigenvalue weighted by atomic mass is 32.2. The van der Waals surface area contributed by atoms with Crippen molar-refractivity contribution in [3.8, 4) is 5.75 Å². The number of nitrogens with zero attached hydrogens (tertiary/aromatic N) is 1. The van der Waals surface area contributed by atoms with Gasteiger partial charge in [-0.25, -0.2) is 8.42 Å². The third-order valence-electron chi connectivity index (χ3n) is 4.68. The third-order valence-corrected chi connectivity index (χ3v) is 7.40. The third kappa shape index (κ3) is 2.57. The van der Waals surface area contributed by atoms with Crippen molar-refractivity contribution in [3.05, 3.63) is 24.0 Å². The minimum atomic E-state index is -3.02. The van der Waals surface area contributed by atoms with Gasteiger partial charge in [0.25, 0.3) is 0 Å². The molecule has 0 aromatic carbocycles. The first-order valence-corrected chi connectivity index (χ1v) is 8.89. The minimum Gasteiger partial charge on any atom is -0.495 e. The van der Waals surface area contributed by atoms with E-state index in [0.29, 0.717) is 37.0 Å². The number of hydrogen-bond donors (Lipinski definition) is 0. The smallest absolute Gasteiger partial charge is 0.167 e. The zero-order valence-electron chi connectivity index (χ0n) is 12.0. The maximum absolute atomic E-state index is 12.6. The lowest BCUT2D eigenvalue weighted by atomic mass is 9.85. The van der Waals surface area contributed by atoms with E-state index >= 15 is 0 Å². The van der Waals surface area contributed by atoms with Crippen molar-refractivity contribution in [2.24, 2.45) is 5.92 Å². The molecule has 5 nitrogen and oxygen atoms in total. The van der Waals surface area contributed by atoms with Gasteiger partial charge in [-0.1, -0.05) is 6.42 Å². The van der Waals surface area contributed by atoms with Crippen LogP contribution in [0.5, 0.6) is 5.75 Å². The van der Waals surface area contributed by atoms with Gasteiger partial charge in [-0.15, -0.1) is 0 Å². The molecule has 3 rings (SSSR count). The summed E-state index contributed by atoms with van der Waals surface area (Å²) in [7, 11) is -1.49. The first-order chi connectivity index (χ1) is 10.0. The maximum Gasteiger partial charge on any atom is 0.167 e. The summed E-state index contributed by atoms with van der Waals surface area (Å²) in [5.74, 6) is 0.329. The normalized spacial score (nSPS) is 30.6. The molecule has 0 aliphatic carbocycles. The van der Waals surface area contributed by atoms with Crippen LogP contribution in [0.25, 0.3) is 0 Å². The van der Waals surface area contributed by atoms with Crippen molar-refractivity contribution in [3.63, 3.8) is 0 Å². The highest BCUT2D eigenvalue weighted by Crippen LogP contribution is 2.40. The zero-order valence-corrected chi connectivity index (χ0v) is 12.8. The van der Waals surface area contributed by atoms with E-state index in [0.717, 1.165) is 6.42 Å². The molecule has 2 unspecified atom stereocenters. The average Bonchev–Trinajstić information content (AvgIpc) is 2.45. The molecule has 0 radical (unpaired) electrons. The highest BCUT2D eigenvalue weighted by molar-refractivity contribution is 7.92. The predicted octanol–water partition coefficient (Wildman–Crippen LogP) is 2.02. The highest BCUT2D eigenvalue weighted by Gasteiger charge is 2.46. The van der Waals surface area contributed by atoms with Crippen molar-refractivity contribution < 1.29 is 17.9 Å². The van der Waals surface area contributed by atoms with Crippen LogP contribution in [-0.4, -0.2) is 36.8 Å². The molecule has 0 spiro atoms. The monoisotopic (exact) mass is 309 g/mol. The lowest BCUT2D eigenvalue weighted by Crippen LogP contribution is -2.45. The Morgan fingerprint density at radius 1 is 1.24 bits per heavy atom. The van der Waals surface area contributed by atoms with E-state index in [2.05, 4.69) is 4.98 Å². The fourth-order valence-corrected chi connectivity index (χ4v) is 6.06. The minimum absolute atomic E-state index is 0.00630. The van der Waals surface area contributed by atoms with E-state index in [9.17, 15) is 13.2 Å². The molecule has 6 heteroatoms. The van der Waals surface area contributed by atoms with Gasteiger partial charge >= 0.3 is 0 Å². The number of carbonyl (C=O) groups is 1. The number of ether oxygens (including phenoxy) is 1. The molecule has 2 aliphatic rings. The molecule has 21 heavy (non-hydrogen) atoms. The number of fused-ring (bicyclic) bond motifs is 2. The van der Waals surface area contributed by atoms with Crippen LogP contribution in [0.1, 0.15) is 42.5 Å². The molecule has 3 heterocycles. The Hall–Kier alpha value is -1.43. The van der Waals surface area contributed by atoms with Crippen LogP contribution in [0, 0.1) is 5.92 Å². The molecule has 2 fully saturated rings. The Labute approximate surface area is 124 Å². The number of methoxy groups -OCH3 is 1. The summed E-state index contributed by atoms with van der Waals surface area (Å²) < 4.78 is 29.6. The summed E-state index contributed by atoms with van der Waals surface area (Å²) in [6, 6.07) is 1.67. The summed E-state index contributed by atoms with van der Waals surface area (Å²) in [6.45, 7) is 0. The van der Waals surface area contributed by atoms with Crippen molar-refractivity contribution in [1.29, 1.82) is 0 Å². The topological polar surface area (TPSA) is 73.3 Å². The molecular weight excluding hydrogens is 290 g/mol. The fraction of sp³-hybridized carbons (Fsp3) is 0.600. The van der Waals surface area contributed by atoms with Crippen LogP contribution in [0.4, 0.5) is 0 Å². The second-order valence-electron chi connectivity index (χ2n) is 5.91. The zero-order chi connectivity index (χ0) is 15.0. The maximum atomic E-state index is 12.6. The molecule has 0 saturated carbocycles. The molecule has 1 aromatic rings. The predicted molar refractivity (Wildman–Crippen MR) is 78.2 cm³/mol. The number of Topliss-reactive ketones (excluding diaryl/α,β-unsaturated/α-hetero) is 1. The Bertz CT molecular complexity index is 635. The van der Waals surface area contributed by atoms with Crippen LogP contribution >= 0.6 is 0 Å². The van der Waals surface area contributed by atoms with E-state index in [4.69, 9.17) is 4.74 Å². The molecule has 0 amide bonds. The summed E-state index contributed by atoms with van der Waals surface area (Å²) in [6.07, 6.45) is 6.33. The van der Waals surface area contributed by atoms with Crippen molar-refractivity contribution in [1.82, 2.24) is 4.98 Å². The molecule has 114 valence electrons. The van der Waals surface area contributed by atoms with Gasteiger partial charge in [0.1, 0.15) is 5.75 Å². The van der Waals surface area contributed by atoms with Gasteiger partial charge in [-0.3, -0.25) is 9.78 Å². The van der Waals surface area contributed by atoms with E-state index in [-0.39, 0.29) is 22.2 Å². The van der Waals surface area contributed by atoms with Gasteiger partial charge in [0, 0.05) is 17.7 Å². The first kappa shape index (κ1) is 14.5. The molecular formula is C15H19NO4S. The lowest BCUT2D eigenvalue weighted by molar-refractivity contribution is 0.0893. The fourth-order valence-electron chi connectivity index (χ4n) is 3.52. The van der Waals surface area contributed by atoms with Crippen molar-refractivity contribution in [2.45, 2.75) is 42.6 Å². The molecule has 2 bridgehead atoms. The molecule has 1 aromatic heterocycles. The number of sulfone groups is 1. The molecule has 0 N–H and O–H groups in total. The lowest BCUT2D eigenvalue weighted by Gasteiger charge is -2.38. The summed E-state index contributed by atoms with van der Waals surface area (Å²) in [5, 5.41) is -0.671. The van der Waals surface area contributed by atoms with Crippen molar-refractivity contribution >= 4 is 15.6 Å². The summed E-state index contributed by atoms with van der Waals surface area (Å²) in [4.78, 5) is 16.6. The second-order valence-corrected chi connectivity index (χ2v) is 8.42. The van der Waals surface area contributed by atoms with E-state index in [1.807, 2.05) is 0 Å². The second kappa shape index (κ2) is 5.40. The van der Waals surface area contributed by atoms with Crippen molar-refractivity contribution in [2.75, 3.05) is 7.11 Å². The van der Waals surface area contributed by atoms with E-state index < -0.39 is 9.84 Å². The number of pyridine rings is 1. The standard InChI is InChI=1S/C15H19NO4S/c1-20-12-5-11(8-16-9-12)15(17)10-6-13-3-2-4-14(7-10)21(13,18)19/h5,8-10,13-14H,2-4,6-7H2,1H3. The number of carbonyl (C=O) groups excluding carboxylic acids is 1. The average molecular weight is 309 g/mol. The molecule has 2 aliphatic heterocycles. The Balaban J connectivity index is 1.83. The van der Waals surface area contributed by atoms with Crippen LogP contribution < -0.4 is 4.74 Å². The molecule has 2 saturated heterocycles. The largest absolute Gasteiger partial charge is 0.495 e.